The van der Waals surface area contributed by atoms with Gasteiger partial charge in [0.05, 0.1) is 5.02 Å². The van der Waals surface area contributed by atoms with Crippen LogP contribution in [0.2, 0.25) is 5.02 Å². The number of rotatable bonds is 3. The Kier molecular flexibility index (Phi) is 4.45. The lowest BCUT2D eigenvalue weighted by Gasteiger charge is -2.12. The van der Waals surface area contributed by atoms with Gasteiger partial charge in [-0.3, -0.25) is 0 Å². The topological polar surface area (TPSA) is 35.2 Å². The van der Waals surface area contributed by atoms with E-state index in [9.17, 15) is 4.39 Å². The Morgan fingerprint density at radius 2 is 2.05 bits per heavy atom. The number of hydrogen-bond acceptors (Lipinski definition) is 2. The van der Waals surface area contributed by atoms with Crippen LogP contribution in [0, 0.1) is 5.82 Å². The number of halogens is 3. The molecule has 2 rings (SSSR count). The van der Waals surface area contributed by atoms with Crippen LogP contribution in [-0.2, 0) is 0 Å². The summed E-state index contributed by atoms with van der Waals surface area (Å²) in [5, 5.41) is 0.0313. The molecule has 0 spiro atoms. The van der Waals surface area contributed by atoms with Gasteiger partial charge in [-0.15, -0.1) is 0 Å². The zero-order chi connectivity index (χ0) is 14.0. The van der Waals surface area contributed by atoms with Crippen molar-refractivity contribution in [2.24, 2.45) is 5.73 Å². The third-order valence-corrected chi connectivity index (χ3v) is 3.59. The first kappa shape index (κ1) is 14.3. The number of hydrogen-bond donors (Lipinski definition) is 1. The first-order chi connectivity index (χ1) is 8.99. The molecule has 5 heteroatoms. The zero-order valence-electron chi connectivity index (χ0n) is 10.2. The highest BCUT2D eigenvalue weighted by molar-refractivity contribution is 9.10. The zero-order valence-corrected chi connectivity index (χ0v) is 12.5. The maximum Gasteiger partial charge on any atom is 0.184 e. The fourth-order valence-corrected chi connectivity index (χ4v) is 2.52. The lowest BCUT2D eigenvalue weighted by molar-refractivity contribution is 0.442. The first-order valence-corrected chi connectivity index (χ1v) is 6.83. The average molecular weight is 345 g/mol. The second-order valence-electron chi connectivity index (χ2n) is 4.13. The molecule has 2 nitrogen and oxygen atoms in total. The summed E-state index contributed by atoms with van der Waals surface area (Å²) in [4.78, 5) is 0. The summed E-state index contributed by atoms with van der Waals surface area (Å²) in [6.07, 6.45) is 0. The van der Waals surface area contributed by atoms with E-state index < -0.39 is 5.82 Å². The normalized spacial score (nSPS) is 12.3. The van der Waals surface area contributed by atoms with Gasteiger partial charge >= 0.3 is 0 Å². The average Bonchev–Trinajstić information content (AvgIpc) is 2.34. The first-order valence-electron chi connectivity index (χ1n) is 5.66. The summed E-state index contributed by atoms with van der Waals surface area (Å²) in [7, 11) is 0. The van der Waals surface area contributed by atoms with Gasteiger partial charge < -0.3 is 10.5 Å². The SMILES string of the molecule is C[C@H](N)c1ccc(Oc2cccc(Cl)c2F)cc1Br. The summed E-state index contributed by atoms with van der Waals surface area (Å²) in [6.45, 7) is 1.89. The van der Waals surface area contributed by atoms with Crippen molar-refractivity contribution in [2.75, 3.05) is 0 Å². The van der Waals surface area contributed by atoms with Crippen molar-refractivity contribution >= 4 is 27.5 Å². The highest BCUT2D eigenvalue weighted by Gasteiger charge is 2.10. The third kappa shape index (κ3) is 3.26. The van der Waals surface area contributed by atoms with Gasteiger partial charge in [0, 0.05) is 10.5 Å². The van der Waals surface area contributed by atoms with Crippen LogP contribution in [0.3, 0.4) is 0 Å². The number of nitrogens with two attached hydrogens (primary N) is 1. The lowest BCUT2D eigenvalue weighted by atomic mass is 10.1. The second kappa shape index (κ2) is 5.90. The highest BCUT2D eigenvalue weighted by atomic mass is 79.9. The Bertz CT molecular complexity index is 604. The highest BCUT2D eigenvalue weighted by Crippen LogP contribution is 2.32. The van der Waals surface area contributed by atoms with Crippen LogP contribution in [0.1, 0.15) is 18.5 Å². The van der Waals surface area contributed by atoms with Crippen LogP contribution in [0.4, 0.5) is 4.39 Å². The Hall–Kier alpha value is -1.10. The third-order valence-electron chi connectivity index (χ3n) is 2.61. The van der Waals surface area contributed by atoms with Gasteiger partial charge in [-0.25, -0.2) is 4.39 Å². The van der Waals surface area contributed by atoms with Gasteiger partial charge in [0.15, 0.2) is 11.6 Å². The smallest absolute Gasteiger partial charge is 0.184 e. The minimum absolute atomic E-state index is 0.0313. The molecule has 0 aliphatic carbocycles. The molecule has 19 heavy (non-hydrogen) atoms. The molecule has 0 heterocycles. The van der Waals surface area contributed by atoms with E-state index in [2.05, 4.69) is 15.9 Å². The Labute approximate surface area is 124 Å². The van der Waals surface area contributed by atoms with E-state index in [1.807, 2.05) is 13.0 Å². The fourth-order valence-electron chi connectivity index (χ4n) is 1.63. The van der Waals surface area contributed by atoms with E-state index in [4.69, 9.17) is 22.1 Å². The van der Waals surface area contributed by atoms with Gasteiger partial charge in [0.1, 0.15) is 5.75 Å². The van der Waals surface area contributed by atoms with Crippen molar-refractivity contribution in [1.82, 2.24) is 0 Å². The number of ether oxygens (including phenoxy) is 1. The van der Waals surface area contributed by atoms with E-state index in [0.717, 1.165) is 10.0 Å². The molecule has 0 bridgehead atoms. The monoisotopic (exact) mass is 343 g/mol. The van der Waals surface area contributed by atoms with E-state index >= 15 is 0 Å². The maximum absolute atomic E-state index is 13.7. The van der Waals surface area contributed by atoms with E-state index in [1.165, 1.54) is 12.1 Å². The Balaban J connectivity index is 2.29. The summed E-state index contributed by atoms with van der Waals surface area (Å²) in [6, 6.07) is 9.86. The molecule has 2 aromatic rings. The minimum atomic E-state index is -0.573. The minimum Gasteiger partial charge on any atom is -0.454 e. The maximum atomic E-state index is 13.7. The van der Waals surface area contributed by atoms with Crippen LogP contribution in [-0.4, -0.2) is 0 Å². The molecule has 100 valence electrons. The van der Waals surface area contributed by atoms with Gasteiger partial charge in [-0.2, -0.15) is 0 Å². The molecule has 1 atom stereocenters. The Morgan fingerprint density at radius 1 is 1.32 bits per heavy atom. The van der Waals surface area contributed by atoms with Gasteiger partial charge in [0.25, 0.3) is 0 Å². The molecule has 0 radical (unpaired) electrons. The standard InChI is InChI=1S/C14H12BrClFNO/c1-8(18)10-6-5-9(7-11(10)15)19-13-4-2-3-12(16)14(13)17/h2-8H,18H2,1H3/t8-/m0/s1. The Morgan fingerprint density at radius 3 is 2.68 bits per heavy atom. The summed E-state index contributed by atoms with van der Waals surface area (Å²) in [5.74, 6) is 0.0296. The van der Waals surface area contributed by atoms with Crippen molar-refractivity contribution in [3.05, 3.63) is 57.3 Å². The second-order valence-corrected chi connectivity index (χ2v) is 5.39. The summed E-state index contributed by atoms with van der Waals surface area (Å²) in [5.41, 5.74) is 6.77. The van der Waals surface area contributed by atoms with Crippen molar-refractivity contribution < 1.29 is 9.13 Å². The van der Waals surface area contributed by atoms with Crippen molar-refractivity contribution in [3.8, 4) is 11.5 Å². The lowest BCUT2D eigenvalue weighted by Crippen LogP contribution is -2.05. The quantitative estimate of drug-likeness (QED) is 0.845. The molecule has 0 aliphatic heterocycles. The van der Waals surface area contributed by atoms with Crippen molar-refractivity contribution in [1.29, 1.82) is 0 Å². The largest absolute Gasteiger partial charge is 0.454 e. The molecular formula is C14H12BrClFNO. The van der Waals surface area contributed by atoms with Gasteiger partial charge in [0.2, 0.25) is 0 Å². The van der Waals surface area contributed by atoms with E-state index in [1.54, 1.807) is 18.2 Å². The predicted molar refractivity (Wildman–Crippen MR) is 78.2 cm³/mol. The van der Waals surface area contributed by atoms with E-state index in [0.29, 0.717) is 5.75 Å². The molecule has 0 unspecified atom stereocenters. The molecule has 0 saturated carbocycles. The molecule has 2 aromatic carbocycles. The molecular weight excluding hydrogens is 333 g/mol. The summed E-state index contributed by atoms with van der Waals surface area (Å²) >= 11 is 9.11. The van der Waals surface area contributed by atoms with Crippen LogP contribution in [0.15, 0.2) is 40.9 Å². The molecule has 0 amide bonds. The fraction of sp³-hybridized carbons (Fsp3) is 0.143. The van der Waals surface area contributed by atoms with Crippen molar-refractivity contribution in [2.45, 2.75) is 13.0 Å². The molecule has 0 fully saturated rings. The van der Waals surface area contributed by atoms with E-state index in [-0.39, 0.29) is 16.8 Å². The van der Waals surface area contributed by atoms with Crippen LogP contribution >= 0.6 is 27.5 Å². The molecule has 0 saturated heterocycles. The molecule has 0 aliphatic rings. The number of benzene rings is 2. The van der Waals surface area contributed by atoms with Crippen LogP contribution < -0.4 is 10.5 Å². The van der Waals surface area contributed by atoms with Gasteiger partial charge in [-0.1, -0.05) is 39.7 Å². The predicted octanol–water partition coefficient (Wildman–Crippen LogP) is 5.05. The molecule has 0 aromatic heterocycles. The van der Waals surface area contributed by atoms with Crippen LogP contribution in [0.5, 0.6) is 11.5 Å². The van der Waals surface area contributed by atoms with Crippen LogP contribution in [0.25, 0.3) is 0 Å². The molecule has 2 N–H and O–H groups in total. The van der Waals surface area contributed by atoms with Crippen molar-refractivity contribution in [3.63, 3.8) is 0 Å². The summed E-state index contributed by atoms with van der Waals surface area (Å²) < 4.78 is 20.0. The van der Waals surface area contributed by atoms with Gasteiger partial charge in [-0.05, 0) is 36.8 Å².